The molecule has 4 rings (SSSR count). The highest BCUT2D eigenvalue weighted by Gasteiger charge is 2.40. The molecule has 2 saturated heterocycles. The van der Waals surface area contributed by atoms with Crippen LogP contribution in [0.2, 0.25) is 0 Å². The number of amides is 3. The normalized spacial score (nSPS) is 21.7. The standard InChI is InChI=1S/C22H26N4O4/c1-15-23-18(13-30-15)20(28)25-10-5-9-22(2,14-25)21(29)24-16-6-3-7-17(12-16)26-11-4-8-19(26)27/h3,6-7,12-13H,4-5,8-11,14H2,1-2H3,(H,24,29). The predicted molar refractivity (Wildman–Crippen MR) is 111 cm³/mol. The van der Waals surface area contributed by atoms with E-state index < -0.39 is 5.41 Å². The fourth-order valence-electron chi connectivity index (χ4n) is 4.18. The zero-order chi connectivity index (χ0) is 21.3. The van der Waals surface area contributed by atoms with Gasteiger partial charge in [-0.05, 0) is 44.4 Å². The van der Waals surface area contributed by atoms with Gasteiger partial charge in [0.1, 0.15) is 6.26 Å². The number of aryl methyl sites for hydroxylation is 1. The van der Waals surface area contributed by atoms with Gasteiger partial charge in [0, 0.05) is 44.4 Å². The lowest BCUT2D eigenvalue weighted by Crippen LogP contribution is -2.50. The number of carbonyl (C=O) groups excluding carboxylic acids is 3. The highest BCUT2D eigenvalue weighted by molar-refractivity contribution is 5.99. The van der Waals surface area contributed by atoms with Gasteiger partial charge in [-0.15, -0.1) is 0 Å². The highest BCUT2D eigenvalue weighted by atomic mass is 16.3. The van der Waals surface area contributed by atoms with Crippen molar-refractivity contribution < 1.29 is 18.8 Å². The van der Waals surface area contributed by atoms with Gasteiger partial charge in [-0.3, -0.25) is 14.4 Å². The third-order valence-corrected chi connectivity index (χ3v) is 5.86. The molecule has 0 spiro atoms. The van der Waals surface area contributed by atoms with Gasteiger partial charge in [-0.25, -0.2) is 4.98 Å². The molecule has 1 N–H and O–H groups in total. The fraction of sp³-hybridized carbons (Fsp3) is 0.455. The highest BCUT2D eigenvalue weighted by Crippen LogP contribution is 2.32. The second-order valence-corrected chi connectivity index (χ2v) is 8.30. The number of nitrogens with one attached hydrogen (secondary N) is 1. The number of aromatic nitrogens is 1. The van der Waals surface area contributed by atoms with E-state index >= 15 is 0 Å². The molecule has 30 heavy (non-hydrogen) atoms. The van der Waals surface area contributed by atoms with Crippen molar-refractivity contribution in [2.45, 2.75) is 39.5 Å². The first kappa shape index (κ1) is 20.1. The van der Waals surface area contributed by atoms with E-state index in [1.807, 2.05) is 31.2 Å². The molecule has 3 heterocycles. The number of hydrogen-bond acceptors (Lipinski definition) is 5. The van der Waals surface area contributed by atoms with Crippen LogP contribution in [0.3, 0.4) is 0 Å². The Balaban J connectivity index is 1.46. The van der Waals surface area contributed by atoms with E-state index in [0.29, 0.717) is 44.1 Å². The molecule has 0 saturated carbocycles. The molecule has 2 aliphatic heterocycles. The molecule has 0 radical (unpaired) electrons. The molecule has 8 heteroatoms. The minimum absolute atomic E-state index is 0.106. The van der Waals surface area contributed by atoms with Crippen molar-refractivity contribution >= 4 is 29.1 Å². The van der Waals surface area contributed by atoms with Crippen molar-refractivity contribution in [2.24, 2.45) is 5.41 Å². The average molecular weight is 410 g/mol. The summed E-state index contributed by atoms with van der Waals surface area (Å²) < 4.78 is 5.15. The number of benzene rings is 1. The Kier molecular flexibility index (Phi) is 5.32. The van der Waals surface area contributed by atoms with E-state index in [1.165, 1.54) is 6.26 Å². The van der Waals surface area contributed by atoms with Crippen LogP contribution in [0.4, 0.5) is 11.4 Å². The fourth-order valence-corrected chi connectivity index (χ4v) is 4.18. The Morgan fingerprint density at radius 2 is 2.07 bits per heavy atom. The van der Waals surface area contributed by atoms with Crippen molar-refractivity contribution in [3.63, 3.8) is 0 Å². The molecule has 0 bridgehead atoms. The third kappa shape index (κ3) is 3.94. The van der Waals surface area contributed by atoms with E-state index in [9.17, 15) is 14.4 Å². The number of likely N-dealkylation sites (tertiary alicyclic amines) is 1. The summed E-state index contributed by atoms with van der Waals surface area (Å²) in [6.45, 7) is 5.17. The molecule has 1 atom stereocenters. The second-order valence-electron chi connectivity index (χ2n) is 8.30. The summed E-state index contributed by atoms with van der Waals surface area (Å²) >= 11 is 0. The van der Waals surface area contributed by atoms with Crippen LogP contribution in [0.25, 0.3) is 0 Å². The summed E-state index contributed by atoms with van der Waals surface area (Å²) in [6.07, 6.45) is 4.18. The zero-order valence-corrected chi connectivity index (χ0v) is 17.3. The number of oxazole rings is 1. The first-order valence-corrected chi connectivity index (χ1v) is 10.3. The maximum absolute atomic E-state index is 13.1. The van der Waals surface area contributed by atoms with Crippen LogP contribution in [-0.4, -0.2) is 47.2 Å². The van der Waals surface area contributed by atoms with Gasteiger partial charge < -0.3 is 19.5 Å². The summed E-state index contributed by atoms with van der Waals surface area (Å²) in [5.74, 6) is 0.184. The molecule has 158 valence electrons. The third-order valence-electron chi connectivity index (χ3n) is 5.86. The van der Waals surface area contributed by atoms with Gasteiger partial charge in [0.2, 0.25) is 11.8 Å². The maximum Gasteiger partial charge on any atom is 0.275 e. The number of carbonyl (C=O) groups is 3. The lowest BCUT2D eigenvalue weighted by atomic mass is 9.80. The Morgan fingerprint density at radius 3 is 2.77 bits per heavy atom. The molecule has 3 amide bonds. The Morgan fingerprint density at radius 1 is 1.23 bits per heavy atom. The molecule has 8 nitrogen and oxygen atoms in total. The summed E-state index contributed by atoms with van der Waals surface area (Å²) in [5.41, 5.74) is 0.989. The van der Waals surface area contributed by atoms with Crippen LogP contribution in [-0.2, 0) is 9.59 Å². The van der Waals surface area contributed by atoms with Gasteiger partial charge in [-0.1, -0.05) is 6.07 Å². The van der Waals surface area contributed by atoms with E-state index in [2.05, 4.69) is 10.3 Å². The van der Waals surface area contributed by atoms with E-state index in [-0.39, 0.29) is 23.4 Å². The molecular weight excluding hydrogens is 384 g/mol. The lowest BCUT2D eigenvalue weighted by Gasteiger charge is -2.39. The van der Waals surface area contributed by atoms with Crippen LogP contribution in [0.5, 0.6) is 0 Å². The van der Waals surface area contributed by atoms with Gasteiger partial charge in [0.25, 0.3) is 5.91 Å². The Hall–Kier alpha value is -3.16. The molecule has 1 aromatic carbocycles. The number of piperidine rings is 1. The van der Waals surface area contributed by atoms with Crippen molar-refractivity contribution in [1.29, 1.82) is 0 Å². The van der Waals surface area contributed by atoms with Crippen LogP contribution in [0, 0.1) is 12.3 Å². The van der Waals surface area contributed by atoms with Crippen molar-refractivity contribution in [3.8, 4) is 0 Å². The van der Waals surface area contributed by atoms with Gasteiger partial charge in [-0.2, -0.15) is 0 Å². The van der Waals surface area contributed by atoms with Crippen LogP contribution >= 0.6 is 0 Å². The maximum atomic E-state index is 13.1. The number of hydrogen-bond donors (Lipinski definition) is 1. The van der Waals surface area contributed by atoms with E-state index in [1.54, 1.807) is 16.7 Å². The Labute approximate surface area is 175 Å². The molecular formula is C22H26N4O4. The smallest absolute Gasteiger partial charge is 0.275 e. The predicted octanol–water partition coefficient (Wildman–Crippen LogP) is 2.99. The lowest BCUT2D eigenvalue weighted by molar-refractivity contribution is -0.127. The largest absolute Gasteiger partial charge is 0.448 e. The van der Waals surface area contributed by atoms with Gasteiger partial charge >= 0.3 is 0 Å². The Bertz CT molecular complexity index is 985. The SMILES string of the molecule is Cc1nc(C(=O)N2CCCC(C)(C(=O)Nc3cccc(N4CCCC4=O)c3)C2)co1. The first-order chi connectivity index (χ1) is 14.4. The van der Waals surface area contributed by atoms with Crippen molar-refractivity contribution in [2.75, 3.05) is 29.9 Å². The minimum Gasteiger partial charge on any atom is -0.448 e. The molecule has 0 aliphatic carbocycles. The monoisotopic (exact) mass is 410 g/mol. The van der Waals surface area contributed by atoms with Crippen LogP contribution < -0.4 is 10.2 Å². The molecule has 1 aromatic heterocycles. The van der Waals surface area contributed by atoms with Gasteiger partial charge in [0.05, 0.1) is 5.41 Å². The second kappa shape index (κ2) is 7.93. The minimum atomic E-state index is -0.716. The molecule has 2 aliphatic rings. The summed E-state index contributed by atoms with van der Waals surface area (Å²) in [7, 11) is 0. The van der Waals surface area contributed by atoms with E-state index in [0.717, 1.165) is 18.5 Å². The quantitative estimate of drug-likeness (QED) is 0.836. The molecule has 2 aromatic rings. The summed E-state index contributed by atoms with van der Waals surface area (Å²) in [6, 6.07) is 7.35. The van der Waals surface area contributed by atoms with Crippen molar-refractivity contribution in [1.82, 2.24) is 9.88 Å². The number of anilines is 2. The van der Waals surface area contributed by atoms with Crippen molar-refractivity contribution in [3.05, 3.63) is 42.1 Å². The molecule has 2 fully saturated rings. The van der Waals surface area contributed by atoms with Crippen LogP contribution in [0.15, 0.2) is 34.9 Å². The molecule has 1 unspecified atom stereocenters. The average Bonchev–Trinajstić information content (AvgIpc) is 3.36. The van der Waals surface area contributed by atoms with E-state index in [4.69, 9.17) is 4.42 Å². The van der Waals surface area contributed by atoms with Gasteiger partial charge in [0.15, 0.2) is 11.6 Å². The van der Waals surface area contributed by atoms with Crippen LogP contribution in [0.1, 0.15) is 49.0 Å². The topological polar surface area (TPSA) is 95.8 Å². The number of rotatable bonds is 4. The summed E-state index contributed by atoms with van der Waals surface area (Å²) in [4.78, 5) is 45.4. The summed E-state index contributed by atoms with van der Waals surface area (Å²) in [5, 5.41) is 2.99. The number of nitrogens with zero attached hydrogens (tertiary/aromatic N) is 3. The zero-order valence-electron chi connectivity index (χ0n) is 17.3. The first-order valence-electron chi connectivity index (χ1n) is 10.3.